The Labute approximate surface area is 95.4 Å². The number of nitrogens with one attached hydrogen (secondary N) is 1. The number of pyridine rings is 1. The summed E-state index contributed by atoms with van der Waals surface area (Å²) in [7, 11) is 2.16. The van der Waals surface area contributed by atoms with Gasteiger partial charge in [0.15, 0.2) is 0 Å². The van der Waals surface area contributed by atoms with Gasteiger partial charge in [0.25, 0.3) is 0 Å². The van der Waals surface area contributed by atoms with Gasteiger partial charge in [-0.1, -0.05) is 11.6 Å². The predicted octanol–water partition coefficient (Wildman–Crippen LogP) is 2.24. The van der Waals surface area contributed by atoms with Crippen LogP contribution >= 0.6 is 11.6 Å². The maximum atomic E-state index is 5.78. The summed E-state index contributed by atoms with van der Waals surface area (Å²) in [5, 5.41) is 4.11. The normalized spacial score (nSPS) is 22.7. The second-order valence-corrected chi connectivity index (χ2v) is 4.54. The summed E-state index contributed by atoms with van der Waals surface area (Å²) in [6.07, 6.45) is 4.15. The molecule has 4 heteroatoms. The quantitative estimate of drug-likeness (QED) is 0.837. The van der Waals surface area contributed by atoms with Crippen LogP contribution in [0.5, 0.6) is 0 Å². The first-order chi connectivity index (χ1) is 7.24. The van der Waals surface area contributed by atoms with Crippen LogP contribution < -0.4 is 5.32 Å². The van der Waals surface area contributed by atoms with E-state index in [0.29, 0.717) is 11.1 Å². The lowest BCUT2D eigenvalue weighted by Crippen LogP contribution is -2.39. The Morgan fingerprint density at radius 3 is 3.07 bits per heavy atom. The van der Waals surface area contributed by atoms with Crippen LogP contribution in [0.3, 0.4) is 0 Å². The predicted molar refractivity (Wildman–Crippen MR) is 63.4 cm³/mol. The van der Waals surface area contributed by atoms with Crippen LogP contribution in [0.2, 0.25) is 5.02 Å². The first-order valence-electron chi connectivity index (χ1n) is 5.30. The molecule has 2 heterocycles. The molecule has 0 aliphatic carbocycles. The topological polar surface area (TPSA) is 28.2 Å². The minimum Gasteiger partial charge on any atom is -0.366 e. The first kappa shape index (κ1) is 10.7. The molecule has 1 unspecified atom stereocenters. The zero-order valence-corrected chi connectivity index (χ0v) is 9.67. The fourth-order valence-corrected chi connectivity index (χ4v) is 2.07. The molecule has 2 rings (SSSR count). The number of anilines is 1. The third-order valence-corrected chi connectivity index (χ3v) is 2.93. The fourth-order valence-electron chi connectivity index (χ4n) is 1.95. The minimum atomic E-state index is 0.512. The van der Waals surface area contributed by atoms with Crippen LogP contribution in [0.25, 0.3) is 0 Å². The molecule has 82 valence electrons. The number of hydrogen-bond donors (Lipinski definition) is 1. The maximum Gasteiger partial charge on any atom is 0.126 e. The highest BCUT2D eigenvalue weighted by Gasteiger charge is 2.16. The third kappa shape index (κ3) is 3.08. The van der Waals surface area contributed by atoms with Crippen LogP contribution in [0.1, 0.15) is 12.8 Å². The molecule has 0 radical (unpaired) electrons. The van der Waals surface area contributed by atoms with E-state index in [0.717, 1.165) is 12.4 Å². The molecule has 1 N–H and O–H groups in total. The molecule has 1 aliphatic rings. The lowest BCUT2D eigenvalue weighted by atomic mass is 10.1. The van der Waals surface area contributed by atoms with Gasteiger partial charge in [0.2, 0.25) is 0 Å². The van der Waals surface area contributed by atoms with Crippen molar-refractivity contribution in [2.75, 3.05) is 25.5 Å². The number of piperidine rings is 1. The summed E-state index contributed by atoms with van der Waals surface area (Å²) in [4.78, 5) is 6.58. The summed E-state index contributed by atoms with van der Waals surface area (Å²) in [6, 6.07) is 4.30. The Kier molecular flexibility index (Phi) is 3.44. The number of likely N-dealkylation sites (N-methyl/N-ethyl adjacent to an activating group) is 1. The largest absolute Gasteiger partial charge is 0.366 e. The summed E-state index contributed by atoms with van der Waals surface area (Å²) in [6.45, 7) is 2.29. The maximum absolute atomic E-state index is 5.78. The van der Waals surface area contributed by atoms with E-state index in [4.69, 9.17) is 11.6 Å². The molecule has 1 saturated heterocycles. The van der Waals surface area contributed by atoms with Crippen LogP contribution in [0.4, 0.5) is 5.82 Å². The number of likely N-dealkylation sites (tertiary alicyclic amines) is 1. The average molecular weight is 226 g/mol. The van der Waals surface area contributed by atoms with E-state index in [9.17, 15) is 0 Å². The summed E-state index contributed by atoms with van der Waals surface area (Å²) in [5.41, 5.74) is 0. The second-order valence-electron chi connectivity index (χ2n) is 4.11. The van der Waals surface area contributed by atoms with Gasteiger partial charge in [0.05, 0.1) is 5.02 Å². The molecular formula is C11H16ClN3. The lowest BCUT2D eigenvalue weighted by molar-refractivity contribution is 0.261. The van der Waals surface area contributed by atoms with Crippen LogP contribution in [0.15, 0.2) is 18.3 Å². The van der Waals surface area contributed by atoms with Gasteiger partial charge >= 0.3 is 0 Å². The van der Waals surface area contributed by atoms with Gasteiger partial charge in [-0.25, -0.2) is 4.98 Å². The van der Waals surface area contributed by atoms with Gasteiger partial charge in [0.1, 0.15) is 5.82 Å². The van der Waals surface area contributed by atoms with E-state index in [1.165, 1.54) is 19.4 Å². The molecule has 0 spiro atoms. The zero-order chi connectivity index (χ0) is 10.7. The molecule has 15 heavy (non-hydrogen) atoms. The molecule has 3 nitrogen and oxygen atoms in total. The van der Waals surface area contributed by atoms with Gasteiger partial charge in [-0.15, -0.1) is 0 Å². The van der Waals surface area contributed by atoms with Crippen molar-refractivity contribution in [1.82, 2.24) is 9.88 Å². The highest BCUT2D eigenvalue weighted by Crippen LogP contribution is 2.15. The van der Waals surface area contributed by atoms with Crippen molar-refractivity contribution in [1.29, 1.82) is 0 Å². The molecule has 1 aliphatic heterocycles. The molecule has 0 bridgehead atoms. The molecule has 0 amide bonds. The Balaban J connectivity index is 1.93. The SMILES string of the molecule is CN1CCCC(Nc2ccc(Cl)cn2)C1. The third-order valence-electron chi connectivity index (χ3n) is 2.70. The number of nitrogens with zero attached hydrogens (tertiary/aromatic N) is 2. The Hall–Kier alpha value is -0.800. The van der Waals surface area contributed by atoms with Crippen LogP contribution in [-0.4, -0.2) is 36.1 Å². The molecule has 1 atom stereocenters. The van der Waals surface area contributed by atoms with Crippen molar-refractivity contribution >= 4 is 17.4 Å². The van der Waals surface area contributed by atoms with Crippen molar-refractivity contribution in [2.24, 2.45) is 0 Å². The van der Waals surface area contributed by atoms with Gasteiger partial charge in [-0.3, -0.25) is 0 Å². The smallest absolute Gasteiger partial charge is 0.126 e. The van der Waals surface area contributed by atoms with Crippen LogP contribution in [-0.2, 0) is 0 Å². The van der Waals surface area contributed by atoms with Crippen molar-refractivity contribution < 1.29 is 0 Å². The van der Waals surface area contributed by atoms with Gasteiger partial charge < -0.3 is 10.2 Å². The molecular weight excluding hydrogens is 210 g/mol. The first-order valence-corrected chi connectivity index (χ1v) is 5.68. The van der Waals surface area contributed by atoms with Crippen LogP contribution in [0, 0.1) is 0 Å². The molecule has 1 fully saturated rings. The highest BCUT2D eigenvalue weighted by atomic mass is 35.5. The Morgan fingerprint density at radius 1 is 1.53 bits per heavy atom. The van der Waals surface area contributed by atoms with Crippen molar-refractivity contribution in [3.05, 3.63) is 23.4 Å². The van der Waals surface area contributed by atoms with E-state index in [-0.39, 0.29) is 0 Å². The number of halogens is 1. The molecule has 0 aromatic carbocycles. The monoisotopic (exact) mass is 225 g/mol. The second kappa shape index (κ2) is 4.81. The fraction of sp³-hybridized carbons (Fsp3) is 0.545. The van der Waals surface area contributed by atoms with E-state index in [2.05, 4.69) is 22.2 Å². The van der Waals surface area contributed by atoms with E-state index < -0.39 is 0 Å². The summed E-state index contributed by atoms with van der Waals surface area (Å²) in [5.74, 6) is 0.916. The highest BCUT2D eigenvalue weighted by molar-refractivity contribution is 6.30. The number of rotatable bonds is 2. The van der Waals surface area contributed by atoms with Gasteiger partial charge in [-0.2, -0.15) is 0 Å². The zero-order valence-electron chi connectivity index (χ0n) is 8.91. The molecule has 1 aromatic rings. The minimum absolute atomic E-state index is 0.512. The van der Waals surface area contributed by atoms with Crippen molar-refractivity contribution in [3.8, 4) is 0 Å². The molecule has 1 aromatic heterocycles. The van der Waals surface area contributed by atoms with Crippen molar-refractivity contribution in [3.63, 3.8) is 0 Å². The summed E-state index contributed by atoms with van der Waals surface area (Å²) < 4.78 is 0. The standard InChI is InChI=1S/C11H16ClN3/c1-15-6-2-3-10(8-15)14-11-5-4-9(12)7-13-11/h4-5,7,10H,2-3,6,8H2,1H3,(H,13,14). The number of aromatic nitrogens is 1. The average Bonchev–Trinajstić information content (AvgIpc) is 2.22. The Bertz CT molecular complexity index is 312. The summed E-state index contributed by atoms with van der Waals surface area (Å²) >= 11 is 5.78. The lowest BCUT2D eigenvalue weighted by Gasteiger charge is -2.30. The molecule has 0 saturated carbocycles. The Morgan fingerprint density at radius 2 is 2.40 bits per heavy atom. The van der Waals surface area contributed by atoms with Gasteiger partial charge in [0, 0.05) is 18.8 Å². The van der Waals surface area contributed by atoms with E-state index in [1.54, 1.807) is 6.20 Å². The van der Waals surface area contributed by atoms with Crippen molar-refractivity contribution in [2.45, 2.75) is 18.9 Å². The van der Waals surface area contributed by atoms with Gasteiger partial charge in [-0.05, 0) is 38.6 Å². The van der Waals surface area contributed by atoms with E-state index in [1.807, 2.05) is 12.1 Å². The van der Waals surface area contributed by atoms with E-state index >= 15 is 0 Å². The number of hydrogen-bond acceptors (Lipinski definition) is 3.